The Morgan fingerprint density at radius 2 is 1.89 bits per heavy atom. The van der Waals surface area contributed by atoms with Crippen molar-refractivity contribution in [3.05, 3.63) is 65.9 Å². The molecule has 1 aromatic heterocycles. The molecule has 1 heterocycles. The molecule has 2 aromatic carbocycles. The van der Waals surface area contributed by atoms with Crippen LogP contribution in [0.25, 0.3) is 10.9 Å². The summed E-state index contributed by atoms with van der Waals surface area (Å²) in [6.07, 6.45) is 2.41. The first kappa shape index (κ1) is 19.6. The predicted octanol–water partition coefficient (Wildman–Crippen LogP) is 3.42. The quantitative estimate of drug-likeness (QED) is 0.469. The van der Waals surface area contributed by atoms with Crippen LogP contribution in [0.5, 0.6) is 5.75 Å². The number of carboxylic acids is 1. The Morgan fingerprint density at radius 3 is 2.61 bits per heavy atom. The van der Waals surface area contributed by atoms with Crippen molar-refractivity contribution in [3.63, 3.8) is 0 Å². The second-order valence-electron chi connectivity index (χ2n) is 6.54. The molecule has 3 N–H and O–H groups in total. The minimum atomic E-state index is -0.932. The minimum Gasteiger partial charge on any atom is -0.494 e. The number of benzene rings is 2. The Balaban J connectivity index is 1.56. The van der Waals surface area contributed by atoms with Gasteiger partial charge < -0.3 is 20.1 Å². The monoisotopic (exact) mass is 380 g/mol. The molecule has 3 aromatic rings. The lowest BCUT2D eigenvalue weighted by Crippen LogP contribution is -2.39. The van der Waals surface area contributed by atoms with Gasteiger partial charge in [-0.3, -0.25) is 9.59 Å². The fourth-order valence-corrected chi connectivity index (χ4v) is 3.18. The maximum atomic E-state index is 12.3. The number of carbonyl (C=O) groups is 2. The van der Waals surface area contributed by atoms with Crippen LogP contribution in [0.3, 0.4) is 0 Å². The summed E-state index contributed by atoms with van der Waals surface area (Å²) in [5.74, 6) is -0.243. The smallest absolute Gasteiger partial charge is 0.321 e. The molecule has 28 heavy (non-hydrogen) atoms. The van der Waals surface area contributed by atoms with Crippen LogP contribution in [0.15, 0.2) is 54.7 Å². The van der Waals surface area contributed by atoms with E-state index in [1.54, 1.807) is 24.3 Å². The molecule has 0 spiro atoms. The number of fused-ring (bicyclic) bond motifs is 1. The molecule has 1 atom stereocenters. The van der Waals surface area contributed by atoms with Crippen LogP contribution in [0.1, 0.15) is 29.3 Å². The van der Waals surface area contributed by atoms with Crippen LogP contribution in [-0.2, 0) is 11.2 Å². The highest BCUT2D eigenvalue weighted by atomic mass is 16.5. The van der Waals surface area contributed by atoms with Gasteiger partial charge in [0.2, 0.25) is 0 Å². The van der Waals surface area contributed by atoms with E-state index in [9.17, 15) is 14.7 Å². The third-order valence-electron chi connectivity index (χ3n) is 4.63. The van der Waals surface area contributed by atoms with E-state index in [0.29, 0.717) is 25.1 Å². The number of carbonyl (C=O) groups excluding carboxylic acids is 1. The van der Waals surface area contributed by atoms with Crippen LogP contribution in [-0.4, -0.2) is 41.0 Å². The van der Waals surface area contributed by atoms with Gasteiger partial charge >= 0.3 is 5.97 Å². The Labute approximate surface area is 163 Å². The third-order valence-corrected chi connectivity index (χ3v) is 4.63. The number of H-pyrrole nitrogens is 1. The topological polar surface area (TPSA) is 91.4 Å². The number of aliphatic carboxylic acids is 1. The molecule has 0 aliphatic rings. The third kappa shape index (κ3) is 4.78. The average molecular weight is 380 g/mol. The summed E-state index contributed by atoms with van der Waals surface area (Å²) >= 11 is 0. The number of ether oxygens (including phenoxy) is 1. The SMILES string of the molecule is CCOc1ccc(C(=O)CCN[C@H](Cc2c[nH]c3ccccc23)C(=O)O)cc1. The molecule has 0 saturated heterocycles. The highest BCUT2D eigenvalue weighted by molar-refractivity contribution is 5.96. The molecule has 0 amide bonds. The first-order chi connectivity index (χ1) is 13.6. The van der Waals surface area contributed by atoms with Crippen molar-refractivity contribution in [2.45, 2.75) is 25.8 Å². The van der Waals surface area contributed by atoms with E-state index in [1.807, 2.05) is 37.4 Å². The average Bonchev–Trinajstić information content (AvgIpc) is 3.11. The Morgan fingerprint density at radius 1 is 1.14 bits per heavy atom. The van der Waals surface area contributed by atoms with Gasteiger partial charge in [-0.1, -0.05) is 18.2 Å². The Bertz CT molecular complexity index is 947. The molecule has 0 saturated carbocycles. The van der Waals surface area contributed by atoms with Crippen molar-refractivity contribution in [2.75, 3.05) is 13.2 Å². The van der Waals surface area contributed by atoms with Crippen molar-refractivity contribution in [1.82, 2.24) is 10.3 Å². The summed E-state index contributed by atoms with van der Waals surface area (Å²) in [7, 11) is 0. The summed E-state index contributed by atoms with van der Waals surface area (Å²) in [4.78, 5) is 27.1. The summed E-state index contributed by atoms with van der Waals surface area (Å²) in [6, 6.07) is 14.0. The Kier molecular flexibility index (Phi) is 6.45. The lowest BCUT2D eigenvalue weighted by molar-refractivity contribution is -0.139. The molecule has 6 nitrogen and oxygen atoms in total. The molecule has 0 fully saturated rings. The van der Waals surface area contributed by atoms with Crippen molar-refractivity contribution in [3.8, 4) is 5.75 Å². The number of nitrogens with one attached hydrogen (secondary N) is 2. The largest absolute Gasteiger partial charge is 0.494 e. The van der Waals surface area contributed by atoms with Gasteiger partial charge in [-0.05, 0) is 42.8 Å². The molecule has 0 aliphatic heterocycles. The highest BCUT2D eigenvalue weighted by Gasteiger charge is 2.19. The maximum absolute atomic E-state index is 12.3. The van der Waals surface area contributed by atoms with E-state index in [0.717, 1.165) is 22.2 Å². The van der Waals surface area contributed by atoms with Gasteiger partial charge in [0.05, 0.1) is 6.61 Å². The van der Waals surface area contributed by atoms with Crippen LogP contribution in [0.2, 0.25) is 0 Å². The molecular formula is C22H24N2O4. The summed E-state index contributed by atoms with van der Waals surface area (Å²) in [5.41, 5.74) is 2.51. The second kappa shape index (κ2) is 9.19. The lowest BCUT2D eigenvalue weighted by Gasteiger charge is -2.14. The molecule has 0 aliphatic carbocycles. The predicted molar refractivity (Wildman–Crippen MR) is 108 cm³/mol. The van der Waals surface area contributed by atoms with Gasteiger partial charge in [-0.2, -0.15) is 0 Å². The second-order valence-corrected chi connectivity index (χ2v) is 6.54. The van der Waals surface area contributed by atoms with Crippen molar-refractivity contribution in [1.29, 1.82) is 0 Å². The first-order valence-electron chi connectivity index (χ1n) is 9.35. The molecule has 6 heteroatoms. The summed E-state index contributed by atoms with van der Waals surface area (Å²) in [6.45, 7) is 2.77. The van der Waals surface area contributed by atoms with Gasteiger partial charge in [-0.15, -0.1) is 0 Å². The number of ketones is 1. The van der Waals surface area contributed by atoms with Crippen LogP contribution in [0.4, 0.5) is 0 Å². The fourth-order valence-electron chi connectivity index (χ4n) is 3.18. The van der Waals surface area contributed by atoms with E-state index in [4.69, 9.17) is 4.74 Å². The highest BCUT2D eigenvalue weighted by Crippen LogP contribution is 2.19. The molecule has 0 unspecified atom stereocenters. The number of aromatic nitrogens is 1. The number of hydrogen-bond donors (Lipinski definition) is 3. The standard InChI is InChI=1S/C22H24N2O4/c1-2-28-17-9-7-15(8-10-17)21(25)11-12-23-20(22(26)27)13-16-14-24-19-6-4-3-5-18(16)19/h3-10,14,20,23-24H,2,11-13H2,1H3,(H,26,27)/t20-/m1/s1. The zero-order valence-electron chi connectivity index (χ0n) is 15.8. The molecule has 0 radical (unpaired) electrons. The number of hydrogen-bond acceptors (Lipinski definition) is 4. The zero-order valence-corrected chi connectivity index (χ0v) is 15.8. The number of Topliss-reactive ketones (excluding diaryl/α,β-unsaturated/α-hetero) is 1. The van der Waals surface area contributed by atoms with Gasteiger partial charge in [-0.25, -0.2) is 0 Å². The van der Waals surface area contributed by atoms with E-state index in [2.05, 4.69) is 10.3 Å². The van der Waals surface area contributed by atoms with E-state index < -0.39 is 12.0 Å². The van der Waals surface area contributed by atoms with Crippen molar-refractivity contribution in [2.24, 2.45) is 0 Å². The molecule has 146 valence electrons. The molecular weight excluding hydrogens is 356 g/mol. The number of rotatable bonds is 10. The fraction of sp³-hybridized carbons (Fsp3) is 0.273. The van der Waals surface area contributed by atoms with Crippen LogP contribution >= 0.6 is 0 Å². The van der Waals surface area contributed by atoms with Crippen molar-refractivity contribution < 1.29 is 19.4 Å². The number of para-hydroxylation sites is 1. The summed E-state index contributed by atoms with van der Waals surface area (Å²) in [5, 5.41) is 13.5. The minimum absolute atomic E-state index is 0.0354. The van der Waals surface area contributed by atoms with Gasteiger partial charge in [0, 0.05) is 42.0 Å². The Hall–Kier alpha value is -3.12. The van der Waals surface area contributed by atoms with Gasteiger partial charge in [0.15, 0.2) is 5.78 Å². The first-order valence-corrected chi connectivity index (χ1v) is 9.35. The number of carboxylic acid groups (broad SMARTS) is 1. The van der Waals surface area contributed by atoms with E-state index in [1.165, 1.54) is 0 Å². The van der Waals surface area contributed by atoms with Crippen LogP contribution in [0, 0.1) is 0 Å². The number of aromatic amines is 1. The van der Waals surface area contributed by atoms with Crippen LogP contribution < -0.4 is 10.1 Å². The van der Waals surface area contributed by atoms with Crippen molar-refractivity contribution >= 4 is 22.7 Å². The lowest BCUT2D eigenvalue weighted by atomic mass is 10.0. The van der Waals surface area contributed by atoms with E-state index >= 15 is 0 Å². The molecule has 3 rings (SSSR count). The maximum Gasteiger partial charge on any atom is 0.321 e. The normalized spacial score (nSPS) is 12.0. The summed E-state index contributed by atoms with van der Waals surface area (Å²) < 4.78 is 5.37. The van der Waals surface area contributed by atoms with E-state index in [-0.39, 0.29) is 12.2 Å². The van der Waals surface area contributed by atoms with Gasteiger partial charge in [0.1, 0.15) is 11.8 Å². The molecule has 0 bridgehead atoms. The van der Waals surface area contributed by atoms with Gasteiger partial charge in [0.25, 0.3) is 0 Å². The zero-order chi connectivity index (χ0) is 19.9.